The number of fused-ring (bicyclic) bond motifs is 2. The van der Waals surface area contributed by atoms with Crippen molar-refractivity contribution in [3.05, 3.63) is 0 Å². The molecule has 5 heterocycles. The molecule has 5 rings (SSSR count). The van der Waals surface area contributed by atoms with Gasteiger partial charge in [-0.1, -0.05) is 0 Å². The third-order valence-electron chi connectivity index (χ3n) is 9.40. The minimum absolute atomic E-state index is 0.0926. The van der Waals surface area contributed by atoms with E-state index in [2.05, 4.69) is 46.3 Å². The Morgan fingerprint density at radius 3 is 0.973 bits per heavy atom. The molecule has 4 saturated heterocycles. The number of carbonyl (C=O) groups is 5. The Hall–Kier alpha value is -5.80. The van der Waals surface area contributed by atoms with Crippen LogP contribution in [0.4, 0.5) is 41.8 Å². The number of amides is 10. The molecule has 0 radical (unpaired) electrons. The number of carbonyl (C=O) groups excluding carboxylic acids is 5. The van der Waals surface area contributed by atoms with Gasteiger partial charge in [0.05, 0.1) is 0 Å². The number of urea groups is 5. The van der Waals surface area contributed by atoms with E-state index in [1.807, 2.05) is 0 Å². The molecule has 5 N–H and O–H groups in total. The number of aromatic nitrogens is 3. The quantitative estimate of drug-likeness (QED) is 0.0531. The highest BCUT2D eigenvalue weighted by Crippen LogP contribution is 2.29. The van der Waals surface area contributed by atoms with Crippen molar-refractivity contribution in [2.24, 2.45) is 0 Å². The molecule has 4 fully saturated rings. The van der Waals surface area contributed by atoms with Crippen molar-refractivity contribution >= 4 is 48.0 Å². The molecule has 4 aliphatic rings. The Kier molecular flexibility index (Phi) is 34.7. The van der Waals surface area contributed by atoms with Gasteiger partial charge in [-0.15, -0.1) is 0 Å². The predicted octanol–water partition coefficient (Wildman–Crippen LogP) is -2.22. The normalized spacial score (nSPS) is 17.7. The maximum absolute atomic E-state index is 12.2. The highest BCUT2D eigenvalue weighted by molar-refractivity contribution is 5.85. The molecule has 35 nitrogen and oxygen atoms in total. The fraction of sp³-hybridized carbons (Fsp3) is 0.800. The SMILES string of the molecule is COC.COCN(COC)C(=O)N(COC)COC.COCN(COC)c1nc(N(COC)COC)nc(N(COC)COC)n1.COCN1C(=O)N(COC)C2C1NC(=O)N2COC.O=C1NC2NC(=O)NC2N1. The van der Waals surface area contributed by atoms with Gasteiger partial charge in [-0.3, -0.25) is 39.2 Å². The van der Waals surface area contributed by atoms with Gasteiger partial charge in [0.25, 0.3) is 0 Å². The zero-order chi connectivity index (χ0) is 56.3. The summed E-state index contributed by atoms with van der Waals surface area (Å²) in [7, 11) is 23.2. The summed E-state index contributed by atoms with van der Waals surface area (Å²) in [4.78, 5) is 82.9. The molecule has 4 aliphatic heterocycles. The molecule has 1 aromatic rings. The van der Waals surface area contributed by atoms with Crippen LogP contribution < -0.4 is 41.3 Å². The Labute approximate surface area is 437 Å². The Bertz CT molecular complexity index is 1600. The Morgan fingerprint density at radius 2 is 0.693 bits per heavy atom. The lowest BCUT2D eigenvalue weighted by molar-refractivity contribution is -0.0338. The van der Waals surface area contributed by atoms with Gasteiger partial charge in [-0.25, -0.2) is 24.0 Å². The molecule has 0 aliphatic carbocycles. The van der Waals surface area contributed by atoms with Crippen molar-refractivity contribution in [1.29, 1.82) is 0 Å². The van der Waals surface area contributed by atoms with Gasteiger partial charge in [0.1, 0.15) is 106 Å². The van der Waals surface area contributed by atoms with Crippen LogP contribution in [0.5, 0.6) is 0 Å². The van der Waals surface area contributed by atoms with E-state index in [4.69, 9.17) is 61.6 Å². The molecule has 35 heteroatoms. The molecule has 0 bridgehead atoms. The zero-order valence-corrected chi connectivity index (χ0v) is 45.7. The summed E-state index contributed by atoms with van der Waals surface area (Å²) in [6.45, 7) is 2.30. The largest absolute Gasteiger partial charge is 0.388 e. The van der Waals surface area contributed by atoms with Crippen LogP contribution in [0, 0.1) is 0 Å². The first-order valence-corrected chi connectivity index (χ1v) is 22.3. The minimum Gasteiger partial charge on any atom is -0.388 e. The molecule has 434 valence electrons. The van der Waals surface area contributed by atoms with E-state index in [9.17, 15) is 24.0 Å². The van der Waals surface area contributed by atoms with Gasteiger partial charge in [-0.2, -0.15) is 15.0 Å². The summed E-state index contributed by atoms with van der Waals surface area (Å²) < 4.78 is 70.2. The molecule has 2 unspecified atom stereocenters. The molecule has 1 aromatic heterocycles. The first-order chi connectivity index (χ1) is 36.2. The standard InChI is InChI=1S/C15H30N6O6.C10H18N4O5.C9H20N2O5.C4H6N4O2.C2H6O/c1-22-7-19(8-23-2)13-16-14(20(9-24-3)10-25-4)18-15(17-13)21(11-26-5)12-27-6;1-17-4-12-7-8(14(6-19-3)10(12)16)13(5-18-2)9(15)11-7;1-13-5-10(6-14-2)9(12)11(7-15-3)8-16-4;9-3-5-1-2(7-3)8-4(10)6-1;1-3-2/h7-12H2,1-6H3;7-8H,4-6H2,1-3H3,(H,11,15);5-8H2,1-4H3;1-2H,(H2,5,7,9)(H2,6,8,10);1-2H3. The first kappa shape index (κ1) is 67.2. The molecule has 0 saturated carbocycles. The van der Waals surface area contributed by atoms with E-state index < -0.39 is 12.3 Å². The van der Waals surface area contributed by atoms with E-state index in [0.717, 1.165) is 0 Å². The topological polar surface area (TPSA) is 339 Å². The smallest absolute Gasteiger partial charge is 0.327 e. The summed E-state index contributed by atoms with van der Waals surface area (Å²) >= 11 is 0. The molecular formula is C40H80N16O19. The number of methoxy groups -OCH3 is 14. The van der Waals surface area contributed by atoms with Crippen molar-refractivity contribution < 1.29 is 90.3 Å². The van der Waals surface area contributed by atoms with Gasteiger partial charge >= 0.3 is 30.2 Å². The fourth-order valence-corrected chi connectivity index (χ4v) is 6.70. The van der Waals surface area contributed by atoms with Crippen LogP contribution in [0.1, 0.15) is 0 Å². The number of rotatable bonds is 29. The first-order valence-electron chi connectivity index (χ1n) is 22.3. The second-order valence-electron chi connectivity index (χ2n) is 15.2. The predicted molar refractivity (Wildman–Crippen MR) is 262 cm³/mol. The third-order valence-corrected chi connectivity index (χ3v) is 9.40. The molecule has 0 aromatic carbocycles. The lowest BCUT2D eigenvalue weighted by Gasteiger charge is -2.28. The monoisotopic (exact) mass is 1090 g/mol. The highest BCUT2D eigenvalue weighted by Gasteiger charge is 2.55. The van der Waals surface area contributed by atoms with Gasteiger partial charge in [0, 0.05) is 107 Å². The maximum Gasteiger partial charge on any atom is 0.327 e. The lowest BCUT2D eigenvalue weighted by atomic mass is 10.4. The number of ether oxygens (including phenoxy) is 14. The number of nitrogens with one attached hydrogen (secondary N) is 5. The zero-order valence-electron chi connectivity index (χ0n) is 45.7. The molecule has 2 atom stereocenters. The second kappa shape index (κ2) is 38.7. The van der Waals surface area contributed by atoms with Crippen LogP contribution >= 0.6 is 0 Å². The van der Waals surface area contributed by atoms with Crippen molar-refractivity contribution in [3.8, 4) is 0 Å². The Morgan fingerprint density at radius 1 is 0.413 bits per heavy atom. The molecule has 10 amide bonds. The third kappa shape index (κ3) is 21.8. The van der Waals surface area contributed by atoms with E-state index in [0.29, 0.717) is 17.8 Å². The summed E-state index contributed by atoms with van der Waals surface area (Å²) in [6, 6.07) is -1.33. The van der Waals surface area contributed by atoms with Crippen LogP contribution in [0.3, 0.4) is 0 Å². The highest BCUT2D eigenvalue weighted by atomic mass is 16.5. The van der Waals surface area contributed by atoms with Gasteiger partial charge in [-0.05, 0) is 0 Å². The number of hydrogen-bond donors (Lipinski definition) is 5. The van der Waals surface area contributed by atoms with E-state index in [1.54, 1.807) is 71.6 Å². The molecule has 0 spiro atoms. The number of anilines is 3. The summed E-state index contributed by atoms with van der Waals surface area (Å²) in [5.74, 6) is 1.11. The Balaban J connectivity index is 0.000000514. The number of hydrogen-bond acceptors (Lipinski definition) is 25. The van der Waals surface area contributed by atoms with Crippen LogP contribution in [-0.2, 0) is 66.3 Å². The minimum atomic E-state index is -0.467. The molecular weight excluding hydrogens is 1010 g/mol. The summed E-state index contributed by atoms with van der Waals surface area (Å²) in [6.07, 6.45) is -1.51. The van der Waals surface area contributed by atoms with E-state index >= 15 is 0 Å². The van der Waals surface area contributed by atoms with Crippen LogP contribution in [0.25, 0.3) is 0 Å². The second-order valence-corrected chi connectivity index (χ2v) is 15.2. The van der Waals surface area contributed by atoms with E-state index in [1.165, 1.54) is 74.3 Å². The van der Waals surface area contributed by atoms with E-state index in [-0.39, 0.29) is 130 Å². The van der Waals surface area contributed by atoms with Crippen molar-refractivity contribution in [2.45, 2.75) is 24.7 Å². The summed E-state index contributed by atoms with van der Waals surface area (Å²) in [5.41, 5.74) is 0. The van der Waals surface area contributed by atoms with Crippen molar-refractivity contribution in [1.82, 2.24) is 66.0 Å². The average molecular weight is 1090 g/mol. The molecule has 75 heavy (non-hydrogen) atoms. The summed E-state index contributed by atoms with van der Waals surface area (Å²) in [5, 5.41) is 12.7. The van der Waals surface area contributed by atoms with Gasteiger partial charge < -0.3 is 92.9 Å². The van der Waals surface area contributed by atoms with Crippen molar-refractivity contribution in [3.63, 3.8) is 0 Å². The van der Waals surface area contributed by atoms with Crippen LogP contribution in [0.2, 0.25) is 0 Å². The number of nitrogens with zero attached hydrogens (tertiary/aromatic N) is 11. The average Bonchev–Trinajstić information content (AvgIpc) is 4.08. The van der Waals surface area contributed by atoms with Crippen LogP contribution in [-0.4, -0.2) is 288 Å². The van der Waals surface area contributed by atoms with Gasteiger partial charge in [0.15, 0.2) is 6.17 Å². The van der Waals surface area contributed by atoms with Gasteiger partial charge in [0.2, 0.25) is 17.8 Å². The van der Waals surface area contributed by atoms with Crippen LogP contribution in [0.15, 0.2) is 0 Å². The fourth-order valence-electron chi connectivity index (χ4n) is 6.70. The van der Waals surface area contributed by atoms with Crippen molar-refractivity contribution in [2.75, 3.05) is 209 Å². The lowest BCUT2D eigenvalue weighted by Crippen LogP contribution is -2.47. The maximum atomic E-state index is 12.2.